The molecule has 1 unspecified atom stereocenters. The summed E-state index contributed by atoms with van der Waals surface area (Å²) in [7, 11) is -3.42. The molecule has 1 atom stereocenters. The molecule has 0 saturated carbocycles. The molecule has 0 aliphatic rings. The van der Waals surface area contributed by atoms with E-state index in [0.717, 1.165) is 11.8 Å². The highest BCUT2D eigenvalue weighted by molar-refractivity contribution is 7.90. The van der Waals surface area contributed by atoms with Crippen LogP contribution in [0.4, 0.5) is 0 Å². The van der Waals surface area contributed by atoms with Gasteiger partial charge in [0.05, 0.1) is 0 Å². The Balaban J connectivity index is 2.58. The number of hydrogen-bond acceptors (Lipinski definition) is 5. The molecule has 2 N–H and O–H groups in total. The van der Waals surface area contributed by atoms with Gasteiger partial charge >= 0.3 is 0 Å². The molecular weight excluding hydrogens is 292 g/mol. The highest BCUT2D eigenvalue weighted by atomic mass is 32.2. The van der Waals surface area contributed by atoms with E-state index < -0.39 is 26.5 Å². The molecule has 0 radical (unpaired) electrons. The molecular formula is C14H16N2O4S. The summed E-state index contributed by atoms with van der Waals surface area (Å²) in [4.78, 5) is 18.4. The predicted octanol–water partition coefficient (Wildman–Crippen LogP) is 1.56. The Labute approximate surface area is 122 Å². The third-order valence-corrected chi connectivity index (χ3v) is 4.79. The average molecular weight is 308 g/mol. The first-order valence-corrected chi connectivity index (χ1v) is 8.24. The molecule has 0 saturated heterocycles. The average Bonchev–Trinajstić information content (AvgIpc) is 2.38. The maximum absolute atomic E-state index is 12.1. The van der Waals surface area contributed by atoms with E-state index in [2.05, 4.69) is 9.97 Å². The number of hydrogen-bond donors (Lipinski definition) is 2. The normalized spacial score (nSPS) is 13.1. The molecule has 1 heterocycles. The molecule has 0 aliphatic carbocycles. The van der Waals surface area contributed by atoms with E-state index in [4.69, 9.17) is 0 Å². The second kappa shape index (κ2) is 5.33. The summed E-state index contributed by atoms with van der Waals surface area (Å²) in [5, 5.41) is 8.99. The van der Waals surface area contributed by atoms with Crippen LogP contribution < -0.4 is 5.56 Å². The van der Waals surface area contributed by atoms with E-state index in [1.165, 1.54) is 6.92 Å². The molecule has 21 heavy (non-hydrogen) atoms. The van der Waals surface area contributed by atoms with Crippen LogP contribution in [0.3, 0.4) is 0 Å². The lowest BCUT2D eigenvalue weighted by Crippen LogP contribution is -2.19. The number of nitrogens with zero attached hydrogens (tertiary/aromatic N) is 1. The van der Waals surface area contributed by atoms with Gasteiger partial charge in [-0.05, 0) is 19.4 Å². The van der Waals surface area contributed by atoms with Gasteiger partial charge in [-0.3, -0.25) is 4.79 Å². The fourth-order valence-electron chi connectivity index (χ4n) is 1.85. The van der Waals surface area contributed by atoms with Crippen molar-refractivity contribution < 1.29 is 13.5 Å². The van der Waals surface area contributed by atoms with Crippen molar-refractivity contribution in [2.24, 2.45) is 0 Å². The Morgan fingerprint density at radius 2 is 1.81 bits per heavy atom. The molecule has 1 aromatic carbocycles. The third-order valence-electron chi connectivity index (χ3n) is 3.29. The zero-order valence-electron chi connectivity index (χ0n) is 11.9. The number of aromatic amines is 1. The minimum Gasteiger partial charge on any atom is -0.493 e. The Bertz CT molecular complexity index is 823. The fraction of sp³-hybridized carbons (Fsp3) is 0.286. The number of benzene rings is 1. The number of aryl methyl sites for hydroxylation is 1. The molecule has 2 aromatic rings. The molecule has 0 fully saturated rings. The van der Waals surface area contributed by atoms with Gasteiger partial charge in [-0.25, -0.2) is 8.42 Å². The summed E-state index contributed by atoms with van der Waals surface area (Å²) in [6.45, 7) is 3.31. The predicted molar refractivity (Wildman–Crippen MR) is 80.0 cm³/mol. The third kappa shape index (κ3) is 3.13. The van der Waals surface area contributed by atoms with E-state index in [1.807, 2.05) is 6.92 Å². The van der Waals surface area contributed by atoms with Crippen LogP contribution in [-0.2, 0) is 9.84 Å². The van der Waals surface area contributed by atoms with Crippen LogP contribution in [0.25, 0.3) is 11.1 Å². The lowest BCUT2D eigenvalue weighted by atomic mass is 10.1. The number of aromatic nitrogens is 2. The van der Waals surface area contributed by atoms with Crippen LogP contribution in [0, 0.1) is 6.92 Å². The summed E-state index contributed by atoms with van der Waals surface area (Å²) in [5.41, 5.74) is 0.992. The molecule has 0 amide bonds. The standard InChI is InChI=1S/C14H16N2O4S/c1-8-4-6-10(7-5-8)11-13(17)15-12(16-14(11)18)9(2)21(3,19)20/h4-7,9H,1-3H3,(H2,15,16,17,18). The zero-order valence-corrected chi connectivity index (χ0v) is 12.7. The van der Waals surface area contributed by atoms with E-state index in [1.54, 1.807) is 24.3 Å². The van der Waals surface area contributed by atoms with Gasteiger partial charge in [0.1, 0.15) is 16.6 Å². The van der Waals surface area contributed by atoms with Crippen LogP contribution in [0.1, 0.15) is 23.6 Å². The van der Waals surface area contributed by atoms with Crippen LogP contribution in [-0.4, -0.2) is 29.7 Å². The lowest BCUT2D eigenvalue weighted by molar-refractivity contribution is 0.449. The van der Waals surface area contributed by atoms with Gasteiger partial charge in [0.25, 0.3) is 5.56 Å². The summed E-state index contributed by atoms with van der Waals surface area (Å²) in [6, 6.07) is 7.00. The highest BCUT2D eigenvalue weighted by Gasteiger charge is 2.22. The Morgan fingerprint density at radius 3 is 2.29 bits per heavy atom. The van der Waals surface area contributed by atoms with Crippen LogP contribution in [0.2, 0.25) is 0 Å². The first-order chi connectivity index (χ1) is 9.70. The number of nitrogens with one attached hydrogen (secondary N) is 1. The molecule has 112 valence electrons. The van der Waals surface area contributed by atoms with Gasteiger partial charge in [-0.15, -0.1) is 0 Å². The topological polar surface area (TPSA) is 100 Å². The molecule has 0 bridgehead atoms. The second-order valence-corrected chi connectivity index (χ2v) is 7.35. The molecule has 0 spiro atoms. The Kier molecular flexibility index (Phi) is 3.87. The first-order valence-electron chi connectivity index (χ1n) is 6.29. The van der Waals surface area contributed by atoms with Crippen molar-refractivity contribution in [3.63, 3.8) is 0 Å². The van der Waals surface area contributed by atoms with E-state index >= 15 is 0 Å². The smallest absolute Gasteiger partial charge is 0.262 e. The largest absolute Gasteiger partial charge is 0.493 e. The summed E-state index contributed by atoms with van der Waals surface area (Å²) < 4.78 is 23.0. The van der Waals surface area contributed by atoms with Gasteiger partial charge < -0.3 is 10.1 Å². The molecule has 6 nitrogen and oxygen atoms in total. The van der Waals surface area contributed by atoms with Gasteiger partial charge in [-0.2, -0.15) is 4.98 Å². The summed E-state index contributed by atoms with van der Waals surface area (Å²) >= 11 is 0. The van der Waals surface area contributed by atoms with Crippen molar-refractivity contribution in [3.05, 3.63) is 46.0 Å². The van der Waals surface area contributed by atoms with E-state index in [0.29, 0.717) is 5.56 Å². The lowest BCUT2D eigenvalue weighted by Gasteiger charge is -2.10. The number of aromatic hydroxyl groups is 1. The first kappa shape index (κ1) is 15.2. The molecule has 1 aromatic heterocycles. The van der Waals surface area contributed by atoms with Crippen molar-refractivity contribution in [2.75, 3.05) is 6.26 Å². The molecule has 7 heteroatoms. The summed E-state index contributed by atoms with van der Waals surface area (Å²) in [5.74, 6) is -0.552. The SMILES string of the molecule is Cc1ccc(-c2c(O)nc(C(C)S(C)(=O)=O)[nH]c2=O)cc1. The highest BCUT2D eigenvalue weighted by Crippen LogP contribution is 2.26. The Hall–Kier alpha value is -2.15. The van der Waals surface area contributed by atoms with Gasteiger partial charge in [-0.1, -0.05) is 29.8 Å². The van der Waals surface area contributed by atoms with Crippen molar-refractivity contribution in [2.45, 2.75) is 19.1 Å². The van der Waals surface area contributed by atoms with Crippen molar-refractivity contribution in [1.29, 1.82) is 0 Å². The Morgan fingerprint density at radius 1 is 1.24 bits per heavy atom. The molecule has 2 rings (SSSR count). The van der Waals surface area contributed by atoms with Crippen LogP contribution in [0.15, 0.2) is 29.1 Å². The van der Waals surface area contributed by atoms with Gasteiger partial charge in [0.15, 0.2) is 9.84 Å². The monoisotopic (exact) mass is 308 g/mol. The minimum absolute atomic E-state index is 0.0273. The van der Waals surface area contributed by atoms with E-state index in [9.17, 15) is 18.3 Å². The van der Waals surface area contributed by atoms with Crippen molar-refractivity contribution in [3.8, 4) is 17.0 Å². The van der Waals surface area contributed by atoms with Crippen molar-refractivity contribution in [1.82, 2.24) is 9.97 Å². The second-order valence-electron chi connectivity index (χ2n) is 4.99. The zero-order chi connectivity index (χ0) is 15.8. The quantitative estimate of drug-likeness (QED) is 0.896. The van der Waals surface area contributed by atoms with Crippen LogP contribution >= 0.6 is 0 Å². The number of rotatable bonds is 3. The maximum Gasteiger partial charge on any atom is 0.262 e. The fourth-order valence-corrected chi connectivity index (χ4v) is 2.37. The number of sulfone groups is 1. The van der Waals surface area contributed by atoms with Crippen LogP contribution in [0.5, 0.6) is 5.88 Å². The van der Waals surface area contributed by atoms with Gasteiger partial charge in [0, 0.05) is 6.26 Å². The van der Waals surface area contributed by atoms with Gasteiger partial charge in [0.2, 0.25) is 5.88 Å². The van der Waals surface area contributed by atoms with Crippen molar-refractivity contribution >= 4 is 9.84 Å². The van der Waals surface area contributed by atoms with E-state index in [-0.39, 0.29) is 11.4 Å². The maximum atomic E-state index is 12.1. The number of H-pyrrole nitrogens is 1. The minimum atomic E-state index is -3.42. The summed E-state index contributed by atoms with van der Waals surface area (Å²) in [6.07, 6.45) is 1.04. The molecule has 0 aliphatic heterocycles.